The van der Waals surface area contributed by atoms with Gasteiger partial charge in [0.2, 0.25) is 0 Å². The van der Waals surface area contributed by atoms with Crippen LogP contribution in [0, 0.1) is 5.82 Å². The van der Waals surface area contributed by atoms with Crippen molar-refractivity contribution in [1.29, 1.82) is 0 Å². The summed E-state index contributed by atoms with van der Waals surface area (Å²) in [5, 5.41) is 11.6. The van der Waals surface area contributed by atoms with Crippen LogP contribution in [-0.2, 0) is 16.0 Å². The van der Waals surface area contributed by atoms with Crippen molar-refractivity contribution in [2.45, 2.75) is 12.5 Å². The topological polar surface area (TPSA) is 92.7 Å². The number of halogens is 1. The SMILES string of the molecule is COC(=O)c1cccc(C(=O)N[C@H](Cc2ccccc2F)C(=O)O)c1. The van der Waals surface area contributed by atoms with Crippen molar-refractivity contribution in [3.05, 3.63) is 71.0 Å². The van der Waals surface area contributed by atoms with Crippen molar-refractivity contribution in [3.63, 3.8) is 0 Å². The first-order valence-corrected chi connectivity index (χ1v) is 7.38. The average molecular weight is 345 g/mol. The minimum absolute atomic E-state index is 0.0997. The van der Waals surface area contributed by atoms with Crippen molar-refractivity contribution in [1.82, 2.24) is 5.32 Å². The maximum atomic E-state index is 13.7. The summed E-state index contributed by atoms with van der Waals surface area (Å²) in [6.07, 6.45) is -0.204. The molecular weight excluding hydrogens is 329 g/mol. The molecule has 2 N–H and O–H groups in total. The van der Waals surface area contributed by atoms with Crippen molar-refractivity contribution < 1.29 is 28.6 Å². The van der Waals surface area contributed by atoms with Crippen LogP contribution in [0.25, 0.3) is 0 Å². The smallest absolute Gasteiger partial charge is 0.337 e. The number of nitrogens with one attached hydrogen (secondary N) is 1. The number of rotatable bonds is 6. The van der Waals surface area contributed by atoms with Gasteiger partial charge in [-0.05, 0) is 29.8 Å². The number of carboxylic acid groups (broad SMARTS) is 1. The Morgan fingerprint density at radius 2 is 1.80 bits per heavy atom. The van der Waals surface area contributed by atoms with Gasteiger partial charge in [-0.2, -0.15) is 0 Å². The highest BCUT2D eigenvalue weighted by Crippen LogP contribution is 2.11. The fourth-order valence-corrected chi connectivity index (χ4v) is 2.23. The largest absolute Gasteiger partial charge is 0.480 e. The molecule has 0 aliphatic heterocycles. The van der Waals surface area contributed by atoms with Crippen LogP contribution in [0.4, 0.5) is 4.39 Å². The van der Waals surface area contributed by atoms with E-state index in [0.717, 1.165) is 0 Å². The molecule has 0 spiro atoms. The average Bonchev–Trinajstić information content (AvgIpc) is 2.62. The van der Waals surface area contributed by atoms with E-state index in [9.17, 15) is 23.9 Å². The van der Waals surface area contributed by atoms with Crippen molar-refractivity contribution in [2.75, 3.05) is 7.11 Å². The molecule has 0 bridgehead atoms. The molecule has 25 heavy (non-hydrogen) atoms. The molecule has 0 aromatic heterocycles. The van der Waals surface area contributed by atoms with Crippen LogP contribution in [0.2, 0.25) is 0 Å². The normalized spacial score (nSPS) is 11.4. The summed E-state index contributed by atoms with van der Waals surface area (Å²) in [5.41, 5.74) is 0.442. The van der Waals surface area contributed by atoms with Crippen molar-refractivity contribution in [2.24, 2.45) is 0 Å². The van der Waals surface area contributed by atoms with Gasteiger partial charge in [-0.15, -0.1) is 0 Å². The number of ether oxygens (including phenoxy) is 1. The number of carboxylic acids is 1. The summed E-state index contributed by atoms with van der Waals surface area (Å²) >= 11 is 0. The van der Waals surface area contributed by atoms with E-state index in [1.54, 1.807) is 6.07 Å². The molecule has 2 rings (SSSR count). The van der Waals surface area contributed by atoms with Gasteiger partial charge < -0.3 is 15.2 Å². The monoisotopic (exact) mass is 345 g/mol. The minimum Gasteiger partial charge on any atom is -0.480 e. The van der Waals surface area contributed by atoms with E-state index in [-0.39, 0.29) is 23.1 Å². The third-order valence-electron chi connectivity index (χ3n) is 3.53. The first kappa shape index (κ1) is 18.1. The lowest BCUT2D eigenvalue weighted by atomic mass is 10.0. The Balaban J connectivity index is 2.17. The van der Waals surface area contributed by atoms with Gasteiger partial charge in [-0.1, -0.05) is 24.3 Å². The van der Waals surface area contributed by atoms with E-state index >= 15 is 0 Å². The summed E-state index contributed by atoms with van der Waals surface area (Å²) in [6.45, 7) is 0. The summed E-state index contributed by atoms with van der Waals surface area (Å²) in [6, 6.07) is 10.1. The predicted octanol–water partition coefficient (Wildman–Crippen LogP) is 2.04. The number of methoxy groups -OCH3 is 1. The van der Waals surface area contributed by atoms with Gasteiger partial charge in [0.25, 0.3) is 5.91 Å². The standard InChI is InChI=1S/C18H16FNO5/c1-25-18(24)13-7-4-6-12(9-13)16(21)20-15(17(22)23)10-11-5-2-3-8-14(11)19/h2-9,15H,10H2,1H3,(H,20,21)(H,22,23)/t15-/m1/s1. The maximum absolute atomic E-state index is 13.7. The van der Waals surface area contributed by atoms with E-state index in [1.807, 2.05) is 0 Å². The highest BCUT2D eigenvalue weighted by atomic mass is 19.1. The fourth-order valence-electron chi connectivity index (χ4n) is 2.23. The van der Waals surface area contributed by atoms with Crippen LogP contribution in [0.3, 0.4) is 0 Å². The zero-order valence-corrected chi connectivity index (χ0v) is 13.4. The van der Waals surface area contributed by atoms with Gasteiger partial charge in [0.05, 0.1) is 12.7 Å². The molecule has 0 aliphatic rings. The Bertz CT molecular complexity index is 806. The molecule has 1 atom stereocenters. The van der Waals surface area contributed by atoms with Crippen LogP contribution in [-0.4, -0.2) is 36.1 Å². The third-order valence-corrected chi connectivity index (χ3v) is 3.53. The number of aliphatic carboxylic acids is 1. The number of hydrogen-bond acceptors (Lipinski definition) is 4. The molecule has 0 radical (unpaired) electrons. The van der Waals surface area contributed by atoms with Crippen molar-refractivity contribution >= 4 is 17.8 Å². The first-order chi connectivity index (χ1) is 11.9. The van der Waals surface area contributed by atoms with Crippen molar-refractivity contribution in [3.8, 4) is 0 Å². The molecule has 2 aromatic rings. The molecule has 0 heterocycles. The molecule has 0 saturated heterocycles. The van der Waals surface area contributed by atoms with Crippen LogP contribution < -0.4 is 5.32 Å². The molecule has 130 valence electrons. The Morgan fingerprint density at radius 1 is 1.12 bits per heavy atom. The second-order valence-electron chi connectivity index (χ2n) is 5.23. The summed E-state index contributed by atoms with van der Waals surface area (Å²) < 4.78 is 18.3. The molecule has 1 amide bonds. The lowest BCUT2D eigenvalue weighted by Gasteiger charge is -2.15. The number of hydrogen-bond donors (Lipinski definition) is 2. The maximum Gasteiger partial charge on any atom is 0.337 e. The van der Waals surface area contributed by atoms with Gasteiger partial charge >= 0.3 is 11.9 Å². The van der Waals surface area contributed by atoms with E-state index in [2.05, 4.69) is 10.1 Å². The fraction of sp³-hybridized carbons (Fsp3) is 0.167. The third kappa shape index (κ3) is 4.63. The zero-order valence-electron chi connectivity index (χ0n) is 13.4. The van der Waals surface area contributed by atoms with Gasteiger partial charge in [0.1, 0.15) is 11.9 Å². The first-order valence-electron chi connectivity index (χ1n) is 7.38. The number of carbonyl (C=O) groups excluding carboxylic acids is 2. The van der Waals surface area contributed by atoms with E-state index in [1.165, 1.54) is 49.6 Å². The summed E-state index contributed by atoms with van der Waals surface area (Å²) in [4.78, 5) is 35.2. The van der Waals surface area contributed by atoms with Crippen LogP contribution in [0.15, 0.2) is 48.5 Å². The quantitative estimate of drug-likeness (QED) is 0.782. The van der Waals surface area contributed by atoms with Gasteiger partial charge in [0.15, 0.2) is 0 Å². The Hall–Kier alpha value is -3.22. The van der Waals surface area contributed by atoms with E-state index in [0.29, 0.717) is 0 Å². The van der Waals surface area contributed by atoms with E-state index < -0.39 is 29.7 Å². The van der Waals surface area contributed by atoms with E-state index in [4.69, 9.17) is 0 Å². The predicted molar refractivity (Wildman–Crippen MR) is 86.8 cm³/mol. The highest BCUT2D eigenvalue weighted by molar-refractivity contribution is 5.99. The van der Waals surface area contributed by atoms with Gasteiger partial charge in [-0.25, -0.2) is 14.0 Å². The Kier molecular flexibility index (Phi) is 5.84. The Labute approximate surface area is 143 Å². The summed E-state index contributed by atoms with van der Waals surface area (Å²) in [5.74, 6) is -3.14. The number of amides is 1. The summed E-state index contributed by atoms with van der Waals surface area (Å²) in [7, 11) is 1.21. The molecule has 7 heteroatoms. The van der Waals surface area contributed by atoms with Gasteiger partial charge in [-0.3, -0.25) is 4.79 Å². The van der Waals surface area contributed by atoms with Crippen LogP contribution in [0.5, 0.6) is 0 Å². The molecule has 0 saturated carbocycles. The molecule has 0 fully saturated rings. The molecular formula is C18H16FNO5. The van der Waals surface area contributed by atoms with Crippen LogP contribution >= 0.6 is 0 Å². The zero-order chi connectivity index (χ0) is 18.4. The number of esters is 1. The van der Waals surface area contributed by atoms with Gasteiger partial charge in [0, 0.05) is 12.0 Å². The number of benzene rings is 2. The molecule has 0 unspecified atom stereocenters. The van der Waals surface area contributed by atoms with Crippen LogP contribution in [0.1, 0.15) is 26.3 Å². The molecule has 0 aliphatic carbocycles. The Morgan fingerprint density at radius 3 is 2.44 bits per heavy atom. The minimum atomic E-state index is -1.31. The molecule has 6 nitrogen and oxygen atoms in total. The number of carbonyl (C=O) groups is 3. The lowest BCUT2D eigenvalue weighted by molar-refractivity contribution is -0.139. The second-order valence-corrected chi connectivity index (χ2v) is 5.23. The second kappa shape index (κ2) is 8.05. The highest BCUT2D eigenvalue weighted by Gasteiger charge is 2.23. The molecule has 2 aromatic carbocycles. The lowest BCUT2D eigenvalue weighted by Crippen LogP contribution is -2.42.